The Kier molecular flexibility index (Phi) is 62.2. The van der Waals surface area contributed by atoms with Crippen LogP contribution in [-0.4, -0.2) is 37.9 Å². The lowest BCUT2D eigenvalue weighted by atomic mass is 10.0. The van der Waals surface area contributed by atoms with Gasteiger partial charge in [-0.3, -0.25) is 9.59 Å². The number of unbranched alkanes of at least 4 members (excludes halogenated alkanes) is 47. The molecule has 0 bridgehead atoms. The minimum atomic E-state index is -0.532. The average molecular weight is 1010 g/mol. The molecule has 0 aromatic heterocycles. The van der Waals surface area contributed by atoms with Crippen LogP contribution in [0, 0.1) is 0 Å². The van der Waals surface area contributed by atoms with Gasteiger partial charge >= 0.3 is 11.9 Å². The molecule has 5 heteroatoms. The Morgan fingerprint density at radius 2 is 0.583 bits per heavy atom. The number of carbonyl (C=O) groups is 2. The Labute approximate surface area is 451 Å². The minimum absolute atomic E-state index is 0.0921. The summed E-state index contributed by atoms with van der Waals surface area (Å²) < 4.78 is 17.6. The molecule has 0 amide bonds. The zero-order chi connectivity index (χ0) is 52.0. The smallest absolute Gasteiger partial charge is 0.306 e. The van der Waals surface area contributed by atoms with E-state index in [1.165, 1.54) is 295 Å². The molecule has 0 aliphatic heterocycles. The van der Waals surface area contributed by atoms with Crippen LogP contribution in [-0.2, 0) is 23.8 Å². The van der Waals surface area contributed by atoms with Gasteiger partial charge in [-0.15, -0.1) is 0 Å². The number of rotatable bonds is 62. The lowest BCUT2D eigenvalue weighted by molar-refractivity contribution is -0.163. The second-order valence-corrected chi connectivity index (χ2v) is 22.4. The molecule has 0 aliphatic carbocycles. The largest absolute Gasteiger partial charge is 0.462 e. The van der Waals surface area contributed by atoms with E-state index in [1.807, 2.05) is 0 Å². The van der Waals surface area contributed by atoms with Gasteiger partial charge in [0.05, 0.1) is 6.61 Å². The van der Waals surface area contributed by atoms with E-state index in [0.29, 0.717) is 26.1 Å². The molecule has 0 saturated heterocycles. The van der Waals surface area contributed by atoms with Gasteiger partial charge in [-0.05, 0) is 51.4 Å². The monoisotopic (exact) mass is 1010 g/mol. The van der Waals surface area contributed by atoms with Crippen molar-refractivity contribution in [3.8, 4) is 0 Å². The minimum Gasteiger partial charge on any atom is -0.462 e. The number of hydrogen-bond acceptors (Lipinski definition) is 5. The Hall–Kier alpha value is -1.62. The molecule has 0 aromatic carbocycles. The van der Waals surface area contributed by atoms with E-state index in [4.69, 9.17) is 14.2 Å². The van der Waals surface area contributed by atoms with Crippen LogP contribution in [0.5, 0.6) is 0 Å². The summed E-state index contributed by atoms with van der Waals surface area (Å²) in [6, 6.07) is 0. The lowest BCUT2D eigenvalue weighted by Crippen LogP contribution is -2.30. The number of ether oxygens (including phenoxy) is 3. The molecule has 0 spiro atoms. The molecular formula is C67H128O5. The van der Waals surface area contributed by atoms with E-state index < -0.39 is 6.10 Å². The predicted molar refractivity (Wildman–Crippen MR) is 316 cm³/mol. The molecule has 0 fully saturated rings. The van der Waals surface area contributed by atoms with Crippen molar-refractivity contribution < 1.29 is 23.8 Å². The van der Waals surface area contributed by atoms with Crippen LogP contribution in [0.4, 0.5) is 0 Å². The molecule has 1 atom stereocenters. The van der Waals surface area contributed by atoms with E-state index >= 15 is 0 Å². The summed E-state index contributed by atoms with van der Waals surface area (Å²) >= 11 is 0. The number of esters is 2. The van der Waals surface area contributed by atoms with Gasteiger partial charge in [0.25, 0.3) is 0 Å². The number of carbonyl (C=O) groups excluding carboxylic acids is 2. The molecule has 0 saturated carbocycles. The highest BCUT2D eigenvalue weighted by Crippen LogP contribution is 2.18. The van der Waals surface area contributed by atoms with Crippen LogP contribution >= 0.6 is 0 Å². The van der Waals surface area contributed by atoms with E-state index in [-0.39, 0.29) is 18.5 Å². The van der Waals surface area contributed by atoms with E-state index in [0.717, 1.165) is 38.5 Å². The van der Waals surface area contributed by atoms with E-state index in [2.05, 4.69) is 45.1 Å². The van der Waals surface area contributed by atoms with E-state index in [9.17, 15) is 9.59 Å². The highest BCUT2D eigenvalue weighted by Gasteiger charge is 2.18. The summed E-state index contributed by atoms with van der Waals surface area (Å²) in [5.41, 5.74) is 0. The Morgan fingerprint density at radius 1 is 0.306 bits per heavy atom. The summed E-state index contributed by atoms with van der Waals surface area (Å²) in [5.74, 6) is -0.372. The predicted octanol–water partition coefficient (Wildman–Crippen LogP) is 22.7. The van der Waals surface area contributed by atoms with Crippen molar-refractivity contribution in [2.24, 2.45) is 0 Å². The van der Waals surface area contributed by atoms with Crippen LogP contribution in [0.25, 0.3) is 0 Å². The topological polar surface area (TPSA) is 61.8 Å². The number of hydrogen-bond donors (Lipinski definition) is 0. The molecule has 426 valence electrons. The van der Waals surface area contributed by atoms with Gasteiger partial charge in [-0.1, -0.05) is 328 Å². The standard InChI is InChI=1S/C67H128O5/c1-4-7-10-13-16-19-22-25-28-31-33-34-36-38-40-43-46-49-52-55-58-61-67(69)72-65(63-70-62-59-56-53-50-47-44-41-30-27-24-21-18-15-12-9-6-3)64-71-66(68)60-57-54-51-48-45-42-39-37-35-32-29-26-23-20-17-14-11-8-5-2/h17,20,26,29,65H,4-16,18-19,21-25,27-28,30-64H2,1-3H3/b20-17-,29-26-/t65-/m1/s1. The van der Waals surface area contributed by atoms with Gasteiger partial charge in [0.1, 0.15) is 6.61 Å². The van der Waals surface area contributed by atoms with Crippen molar-refractivity contribution in [2.75, 3.05) is 19.8 Å². The van der Waals surface area contributed by atoms with Crippen molar-refractivity contribution in [1.29, 1.82) is 0 Å². The molecular weight excluding hydrogens is 885 g/mol. The summed E-state index contributed by atoms with van der Waals surface area (Å²) in [5, 5.41) is 0. The average Bonchev–Trinajstić information content (AvgIpc) is 3.38. The SMILES string of the molecule is CCCCC/C=C\C/C=C\CCCCCCCCCCCC(=O)OC[C@@H](COCCCCCCCCCCCCCCCCCC)OC(=O)CCCCCCCCCCCCCCCCCCCCCCC. The molecule has 0 rings (SSSR count). The zero-order valence-corrected chi connectivity index (χ0v) is 49.2. The summed E-state index contributed by atoms with van der Waals surface area (Å²) in [6.07, 6.45) is 77.9. The second-order valence-electron chi connectivity index (χ2n) is 22.4. The fraction of sp³-hybridized carbons (Fsp3) is 0.910. The molecule has 0 aromatic rings. The summed E-state index contributed by atoms with van der Waals surface area (Å²) in [4.78, 5) is 25.6. The van der Waals surface area contributed by atoms with Crippen molar-refractivity contribution in [2.45, 2.75) is 374 Å². The maximum Gasteiger partial charge on any atom is 0.306 e. The van der Waals surface area contributed by atoms with Gasteiger partial charge in [-0.2, -0.15) is 0 Å². The van der Waals surface area contributed by atoms with Crippen LogP contribution in [0.2, 0.25) is 0 Å². The molecule has 0 aliphatic rings. The van der Waals surface area contributed by atoms with Crippen molar-refractivity contribution >= 4 is 11.9 Å². The van der Waals surface area contributed by atoms with E-state index in [1.54, 1.807) is 0 Å². The highest BCUT2D eigenvalue weighted by atomic mass is 16.6. The van der Waals surface area contributed by atoms with Gasteiger partial charge in [0, 0.05) is 19.4 Å². The van der Waals surface area contributed by atoms with Gasteiger partial charge in [0.15, 0.2) is 6.10 Å². The zero-order valence-electron chi connectivity index (χ0n) is 49.2. The fourth-order valence-electron chi connectivity index (χ4n) is 10.1. The normalized spacial score (nSPS) is 12.2. The Morgan fingerprint density at radius 3 is 0.944 bits per heavy atom. The van der Waals surface area contributed by atoms with Gasteiger partial charge < -0.3 is 14.2 Å². The first-order valence-electron chi connectivity index (χ1n) is 32.9. The first-order chi connectivity index (χ1) is 35.6. The lowest BCUT2D eigenvalue weighted by Gasteiger charge is -2.18. The fourth-order valence-corrected chi connectivity index (χ4v) is 10.1. The first-order valence-corrected chi connectivity index (χ1v) is 32.9. The highest BCUT2D eigenvalue weighted by molar-refractivity contribution is 5.70. The third-order valence-corrected chi connectivity index (χ3v) is 15.0. The van der Waals surface area contributed by atoms with Crippen molar-refractivity contribution in [3.05, 3.63) is 24.3 Å². The maximum atomic E-state index is 12.9. The van der Waals surface area contributed by atoms with Crippen LogP contribution < -0.4 is 0 Å². The van der Waals surface area contributed by atoms with Crippen molar-refractivity contribution in [3.63, 3.8) is 0 Å². The molecule has 0 radical (unpaired) electrons. The van der Waals surface area contributed by atoms with Gasteiger partial charge in [0.2, 0.25) is 0 Å². The Balaban J connectivity index is 4.20. The maximum absolute atomic E-state index is 12.9. The van der Waals surface area contributed by atoms with Crippen molar-refractivity contribution in [1.82, 2.24) is 0 Å². The molecule has 0 heterocycles. The van der Waals surface area contributed by atoms with Crippen LogP contribution in [0.15, 0.2) is 24.3 Å². The third kappa shape index (κ3) is 60.9. The van der Waals surface area contributed by atoms with Gasteiger partial charge in [-0.25, -0.2) is 0 Å². The summed E-state index contributed by atoms with van der Waals surface area (Å²) in [7, 11) is 0. The first kappa shape index (κ1) is 70.4. The second kappa shape index (κ2) is 63.7. The third-order valence-electron chi connectivity index (χ3n) is 15.0. The molecule has 0 unspecified atom stereocenters. The molecule has 5 nitrogen and oxygen atoms in total. The van der Waals surface area contributed by atoms with Crippen LogP contribution in [0.1, 0.15) is 367 Å². The molecule has 0 N–H and O–H groups in total. The summed E-state index contributed by atoms with van der Waals surface area (Å²) in [6.45, 7) is 7.90. The number of allylic oxidation sites excluding steroid dienone is 4. The quantitative estimate of drug-likeness (QED) is 0.0345. The molecule has 72 heavy (non-hydrogen) atoms. The Bertz CT molecular complexity index is 1100. The van der Waals surface area contributed by atoms with Crippen LogP contribution in [0.3, 0.4) is 0 Å².